The molecule has 0 saturated heterocycles. The quantitative estimate of drug-likeness (QED) is 0.803. The molecule has 0 unspecified atom stereocenters. The largest absolute Gasteiger partial charge is 0.465 e. The maximum atomic E-state index is 12.0. The number of hydrogen-bond acceptors (Lipinski definition) is 6. The fourth-order valence-electron chi connectivity index (χ4n) is 1.96. The number of ether oxygens (including phenoxy) is 2. The van der Waals surface area contributed by atoms with Gasteiger partial charge in [-0.25, -0.2) is 9.59 Å². The maximum Gasteiger partial charge on any atom is 0.358 e. The molecule has 0 N–H and O–H groups in total. The number of methoxy groups -OCH3 is 2. The van der Waals surface area contributed by atoms with Gasteiger partial charge in [0.25, 0.3) is 0 Å². The molecule has 2 rings (SSSR count). The molecular weight excluding hydrogens is 272 g/mol. The Morgan fingerprint density at radius 1 is 0.952 bits per heavy atom. The SMILES string of the molecule is COC(=O)c1nnc(-c2ccccc2)c(C(=O)OC)c1C. The summed E-state index contributed by atoms with van der Waals surface area (Å²) in [5.41, 5.74) is 1.66. The number of nitrogens with zero attached hydrogens (tertiary/aromatic N) is 2. The second-order valence-electron chi connectivity index (χ2n) is 4.25. The standard InChI is InChI=1S/C15H14N2O4/c1-9-11(14(18)20-2)13(10-7-5-4-6-8-10)17-16-12(9)15(19)21-3/h4-8H,1-3H3. The van der Waals surface area contributed by atoms with Crippen LogP contribution >= 0.6 is 0 Å². The van der Waals surface area contributed by atoms with Crippen LogP contribution in [0.3, 0.4) is 0 Å². The Morgan fingerprint density at radius 2 is 1.57 bits per heavy atom. The number of hydrogen-bond donors (Lipinski definition) is 0. The Kier molecular flexibility index (Phi) is 4.27. The Hall–Kier alpha value is -2.76. The molecule has 1 aromatic carbocycles. The summed E-state index contributed by atoms with van der Waals surface area (Å²) in [5, 5.41) is 7.87. The summed E-state index contributed by atoms with van der Waals surface area (Å²) < 4.78 is 9.43. The summed E-state index contributed by atoms with van der Waals surface area (Å²) >= 11 is 0. The average molecular weight is 286 g/mol. The van der Waals surface area contributed by atoms with Crippen LogP contribution in [0.25, 0.3) is 11.3 Å². The Balaban J connectivity index is 2.70. The van der Waals surface area contributed by atoms with Crippen LogP contribution in [-0.4, -0.2) is 36.4 Å². The first-order valence-electron chi connectivity index (χ1n) is 6.19. The van der Waals surface area contributed by atoms with Gasteiger partial charge in [-0.2, -0.15) is 0 Å². The fraction of sp³-hybridized carbons (Fsp3) is 0.200. The number of esters is 2. The van der Waals surface area contributed by atoms with E-state index in [2.05, 4.69) is 14.9 Å². The number of rotatable bonds is 3. The number of carbonyl (C=O) groups is 2. The minimum atomic E-state index is -0.648. The molecule has 0 spiro atoms. The lowest BCUT2D eigenvalue weighted by molar-refractivity contribution is 0.0590. The average Bonchev–Trinajstić information content (AvgIpc) is 2.53. The summed E-state index contributed by atoms with van der Waals surface area (Å²) in [4.78, 5) is 23.7. The third-order valence-corrected chi connectivity index (χ3v) is 3.03. The summed E-state index contributed by atoms with van der Waals surface area (Å²) in [7, 11) is 2.52. The van der Waals surface area contributed by atoms with Gasteiger partial charge in [-0.05, 0) is 6.92 Å². The van der Waals surface area contributed by atoms with Crippen LogP contribution in [0.1, 0.15) is 26.4 Å². The molecule has 0 radical (unpaired) electrons. The lowest BCUT2D eigenvalue weighted by Gasteiger charge is -2.11. The van der Waals surface area contributed by atoms with Gasteiger partial charge >= 0.3 is 11.9 Å². The van der Waals surface area contributed by atoms with Crippen LogP contribution in [-0.2, 0) is 9.47 Å². The van der Waals surface area contributed by atoms with Crippen molar-refractivity contribution in [2.24, 2.45) is 0 Å². The van der Waals surface area contributed by atoms with E-state index in [4.69, 9.17) is 4.74 Å². The van der Waals surface area contributed by atoms with E-state index < -0.39 is 11.9 Å². The molecule has 21 heavy (non-hydrogen) atoms. The van der Waals surface area contributed by atoms with Crippen LogP contribution in [0, 0.1) is 6.92 Å². The predicted octanol–water partition coefficient (Wildman–Crippen LogP) is 2.03. The monoisotopic (exact) mass is 286 g/mol. The summed E-state index contributed by atoms with van der Waals surface area (Å²) in [6.07, 6.45) is 0. The zero-order valence-electron chi connectivity index (χ0n) is 11.9. The van der Waals surface area contributed by atoms with Gasteiger partial charge in [-0.15, -0.1) is 10.2 Å². The van der Waals surface area contributed by atoms with Gasteiger partial charge in [0.2, 0.25) is 0 Å². The van der Waals surface area contributed by atoms with Crippen molar-refractivity contribution in [2.75, 3.05) is 14.2 Å². The van der Waals surface area contributed by atoms with Crippen molar-refractivity contribution in [1.29, 1.82) is 0 Å². The molecule has 0 saturated carbocycles. The van der Waals surface area contributed by atoms with Crippen LogP contribution in [0.15, 0.2) is 30.3 Å². The second-order valence-corrected chi connectivity index (χ2v) is 4.25. The van der Waals surface area contributed by atoms with Crippen molar-refractivity contribution in [3.63, 3.8) is 0 Å². The first-order chi connectivity index (χ1) is 10.1. The lowest BCUT2D eigenvalue weighted by atomic mass is 10.0. The van der Waals surface area contributed by atoms with Crippen LogP contribution in [0.4, 0.5) is 0 Å². The van der Waals surface area contributed by atoms with E-state index in [0.29, 0.717) is 16.8 Å². The van der Waals surface area contributed by atoms with Crippen molar-refractivity contribution in [3.05, 3.63) is 47.2 Å². The summed E-state index contributed by atoms with van der Waals surface area (Å²) in [6.45, 7) is 1.61. The van der Waals surface area contributed by atoms with E-state index in [9.17, 15) is 9.59 Å². The molecule has 1 aromatic heterocycles. The number of carbonyl (C=O) groups excluding carboxylic acids is 2. The highest BCUT2D eigenvalue weighted by Gasteiger charge is 2.24. The molecular formula is C15H14N2O4. The van der Waals surface area contributed by atoms with Gasteiger partial charge in [-0.3, -0.25) is 0 Å². The minimum Gasteiger partial charge on any atom is -0.465 e. The van der Waals surface area contributed by atoms with Crippen molar-refractivity contribution < 1.29 is 19.1 Å². The first-order valence-corrected chi connectivity index (χ1v) is 6.19. The second kappa shape index (κ2) is 6.13. The van der Waals surface area contributed by atoms with Crippen LogP contribution in [0.2, 0.25) is 0 Å². The summed E-state index contributed by atoms with van der Waals surface area (Å²) in [6, 6.07) is 9.09. The molecule has 0 aliphatic heterocycles. The molecule has 0 aliphatic carbocycles. The Morgan fingerprint density at radius 3 is 2.14 bits per heavy atom. The van der Waals surface area contributed by atoms with Crippen molar-refractivity contribution in [2.45, 2.75) is 6.92 Å². The molecule has 0 amide bonds. The number of benzene rings is 1. The van der Waals surface area contributed by atoms with Crippen LogP contribution < -0.4 is 0 Å². The Labute approximate surface area is 121 Å². The van der Waals surface area contributed by atoms with E-state index in [1.807, 2.05) is 18.2 Å². The molecule has 108 valence electrons. The van der Waals surface area contributed by atoms with Gasteiger partial charge < -0.3 is 9.47 Å². The third-order valence-electron chi connectivity index (χ3n) is 3.03. The highest BCUT2D eigenvalue weighted by Crippen LogP contribution is 2.25. The topological polar surface area (TPSA) is 78.4 Å². The highest BCUT2D eigenvalue weighted by atomic mass is 16.5. The van der Waals surface area contributed by atoms with E-state index >= 15 is 0 Å². The molecule has 0 aliphatic rings. The summed E-state index contributed by atoms with van der Waals surface area (Å²) in [5.74, 6) is -1.23. The molecule has 6 heteroatoms. The smallest absolute Gasteiger partial charge is 0.358 e. The lowest BCUT2D eigenvalue weighted by Crippen LogP contribution is -2.16. The van der Waals surface area contributed by atoms with Crippen LogP contribution in [0.5, 0.6) is 0 Å². The zero-order chi connectivity index (χ0) is 15.4. The van der Waals surface area contributed by atoms with Gasteiger partial charge in [-0.1, -0.05) is 30.3 Å². The van der Waals surface area contributed by atoms with Crippen molar-refractivity contribution in [1.82, 2.24) is 10.2 Å². The van der Waals surface area contributed by atoms with Gasteiger partial charge in [0.05, 0.1) is 19.8 Å². The molecule has 6 nitrogen and oxygen atoms in total. The van der Waals surface area contributed by atoms with E-state index in [0.717, 1.165) is 0 Å². The molecule has 0 bridgehead atoms. The number of aromatic nitrogens is 2. The molecule has 1 heterocycles. The van der Waals surface area contributed by atoms with Gasteiger partial charge in [0.1, 0.15) is 5.69 Å². The predicted molar refractivity (Wildman–Crippen MR) is 74.9 cm³/mol. The van der Waals surface area contributed by atoms with Gasteiger partial charge in [0, 0.05) is 11.1 Å². The third kappa shape index (κ3) is 2.74. The minimum absolute atomic E-state index is 0.00224. The Bertz CT molecular complexity index is 684. The molecule has 2 aromatic rings. The van der Waals surface area contributed by atoms with Crippen molar-refractivity contribution in [3.8, 4) is 11.3 Å². The van der Waals surface area contributed by atoms with E-state index in [1.165, 1.54) is 14.2 Å². The normalized spacial score (nSPS) is 10.0. The zero-order valence-corrected chi connectivity index (χ0v) is 11.9. The van der Waals surface area contributed by atoms with E-state index in [1.54, 1.807) is 19.1 Å². The highest BCUT2D eigenvalue weighted by molar-refractivity contribution is 6.00. The molecule has 0 atom stereocenters. The van der Waals surface area contributed by atoms with E-state index in [-0.39, 0.29) is 11.3 Å². The fourth-order valence-corrected chi connectivity index (χ4v) is 1.96. The first kappa shape index (κ1) is 14.6. The maximum absolute atomic E-state index is 12.0. The van der Waals surface area contributed by atoms with Gasteiger partial charge in [0.15, 0.2) is 5.69 Å². The van der Waals surface area contributed by atoms with Crippen molar-refractivity contribution >= 4 is 11.9 Å². The molecule has 0 fully saturated rings.